The molecule has 0 saturated carbocycles. The standard InChI is InChI=1S/C17H12O6/c1-21-12-6-7-13-14(8-12)22-9-15(16(13)18)23-11-4-2-10(3-5-11)17(19)20/h2-9H,1H3,(H,19,20). The van der Waals surface area contributed by atoms with Gasteiger partial charge in [-0.2, -0.15) is 0 Å². The minimum atomic E-state index is -1.03. The third-order valence-corrected chi connectivity index (χ3v) is 3.28. The van der Waals surface area contributed by atoms with Crippen LogP contribution in [0, 0.1) is 0 Å². The van der Waals surface area contributed by atoms with Gasteiger partial charge >= 0.3 is 5.97 Å². The number of aromatic carboxylic acids is 1. The lowest BCUT2D eigenvalue weighted by Gasteiger charge is -2.06. The number of ether oxygens (including phenoxy) is 2. The number of methoxy groups -OCH3 is 1. The van der Waals surface area contributed by atoms with Gasteiger partial charge in [-0.05, 0) is 36.4 Å². The third-order valence-electron chi connectivity index (χ3n) is 3.28. The summed E-state index contributed by atoms with van der Waals surface area (Å²) in [5.41, 5.74) is 0.203. The van der Waals surface area contributed by atoms with Gasteiger partial charge in [-0.3, -0.25) is 4.79 Å². The highest BCUT2D eigenvalue weighted by Crippen LogP contribution is 2.24. The molecule has 0 amide bonds. The molecule has 1 aromatic heterocycles. The van der Waals surface area contributed by atoms with Crippen molar-refractivity contribution in [1.82, 2.24) is 0 Å². The Balaban J connectivity index is 1.95. The van der Waals surface area contributed by atoms with E-state index in [9.17, 15) is 9.59 Å². The molecule has 0 bridgehead atoms. The summed E-state index contributed by atoms with van der Waals surface area (Å²) in [6, 6.07) is 10.6. The summed E-state index contributed by atoms with van der Waals surface area (Å²) in [4.78, 5) is 23.2. The minimum absolute atomic E-state index is 0.0192. The molecular weight excluding hydrogens is 300 g/mol. The SMILES string of the molecule is COc1ccc2c(=O)c(Oc3ccc(C(=O)O)cc3)coc2c1. The van der Waals surface area contributed by atoms with Crippen LogP contribution in [0.3, 0.4) is 0 Å². The molecule has 0 aliphatic carbocycles. The Kier molecular flexibility index (Phi) is 3.72. The average Bonchev–Trinajstić information content (AvgIpc) is 2.57. The van der Waals surface area contributed by atoms with Crippen molar-refractivity contribution in [3.8, 4) is 17.2 Å². The summed E-state index contributed by atoms with van der Waals surface area (Å²) < 4.78 is 16.0. The van der Waals surface area contributed by atoms with Crippen LogP contribution in [0.4, 0.5) is 0 Å². The van der Waals surface area contributed by atoms with E-state index in [1.54, 1.807) is 18.2 Å². The lowest BCUT2D eigenvalue weighted by molar-refractivity contribution is 0.0697. The highest BCUT2D eigenvalue weighted by atomic mass is 16.5. The Labute approximate surface area is 130 Å². The van der Waals surface area contributed by atoms with E-state index in [4.69, 9.17) is 19.0 Å². The van der Waals surface area contributed by atoms with Crippen molar-refractivity contribution < 1.29 is 23.8 Å². The smallest absolute Gasteiger partial charge is 0.335 e. The Bertz CT molecular complexity index is 924. The zero-order valence-corrected chi connectivity index (χ0v) is 12.1. The number of fused-ring (bicyclic) bond motifs is 1. The first-order valence-corrected chi connectivity index (χ1v) is 6.69. The highest BCUT2D eigenvalue weighted by Gasteiger charge is 2.10. The third kappa shape index (κ3) is 2.87. The summed E-state index contributed by atoms with van der Waals surface area (Å²) >= 11 is 0. The number of carbonyl (C=O) groups is 1. The molecule has 116 valence electrons. The fraction of sp³-hybridized carbons (Fsp3) is 0.0588. The van der Waals surface area contributed by atoms with Crippen molar-refractivity contribution in [2.75, 3.05) is 7.11 Å². The van der Waals surface area contributed by atoms with Crippen molar-refractivity contribution >= 4 is 16.9 Å². The maximum Gasteiger partial charge on any atom is 0.335 e. The molecule has 3 aromatic rings. The highest BCUT2D eigenvalue weighted by molar-refractivity contribution is 5.87. The van der Waals surface area contributed by atoms with Crippen LogP contribution < -0.4 is 14.9 Å². The Hall–Kier alpha value is -3.28. The van der Waals surface area contributed by atoms with Gasteiger partial charge in [0.1, 0.15) is 23.3 Å². The molecule has 1 heterocycles. The number of carboxylic acids is 1. The molecule has 0 saturated heterocycles. The second-order valence-corrected chi connectivity index (χ2v) is 4.72. The summed E-state index contributed by atoms with van der Waals surface area (Å²) in [5.74, 6) is -0.0878. The predicted molar refractivity (Wildman–Crippen MR) is 82.5 cm³/mol. The molecular formula is C17H12O6. The summed E-state index contributed by atoms with van der Waals surface area (Å²) in [5, 5.41) is 9.22. The normalized spacial score (nSPS) is 10.5. The monoisotopic (exact) mass is 312 g/mol. The first kappa shape index (κ1) is 14.6. The van der Waals surface area contributed by atoms with Gasteiger partial charge in [0, 0.05) is 6.07 Å². The fourth-order valence-electron chi connectivity index (χ4n) is 2.08. The molecule has 0 aliphatic rings. The van der Waals surface area contributed by atoms with Crippen molar-refractivity contribution in [2.24, 2.45) is 0 Å². The lowest BCUT2D eigenvalue weighted by Crippen LogP contribution is -2.05. The van der Waals surface area contributed by atoms with Crippen LogP contribution in [0.25, 0.3) is 11.0 Å². The van der Waals surface area contributed by atoms with Gasteiger partial charge in [0.15, 0.2) is 0 Å². The summed E-state index contributed by atoms with van der Waals surface area (Å²) in [6.07, 6.45) is 1.22. The Morgan fingerprint density at radius 2 is 1.78 bits per heavy atom. The van der Waals surface area contributed by atoms with Crippen LogP contribution >= 0.6 is 0 Å². The van der Waals surface area contributed by atoms with E-state index < -0.39 is 5.97 Å². The van der Waals surface area contributed by atoms with Gasteiger partial charge in [-0.25, -0.2) is 4.79 Å². The number of hydrogen-bond donors (Lipinski definition) is 1. The van der Waals surface area contributed by atoms with Gasteiger partial charge in [0.2, 0.25) is 11.2 Å². The average molecular weight is 312 g/mol. The van der Waals surface area contributed by atoms with E-state index in [2.05, 4.69) is 0 Å². The quantitative estimate of drug-likeness (QED) is 0.795. The molecule has 2 aromatic carbocycles. The second-order valence-electron chi connectivity index (χ2n) is 4.72. The number of carboxylic acid groups (broad SMARTS) is 1. The van der Waals surface area contributed by atoms with Crippen LogP contribution in [0.1, 0.15) is 10.4 Å². The zero-order chi connectivity index (χ0) is 16.4. The number of hydrogen-bond acceptors (Lipinski definition) is 5. The van der Waals surface area contributed by atoms with Gasteiger partial charge in [-0.15, -0.1) is 0 Å². The van der Waals surface area contributed by atoms with Crippen LogP contribution in [-0.2, 0) is 0 Å². The predicted octanol–water partition coefficient (Wildman–Crippen LogP) is 3.29. The Morgan fingerprint density at radius 1 is 1.09 bits per heavy atom. The van der Waals surface area contributed by atoms with Crippen LogP contribution in [0.2, 0.25) is 0 Å². The number of rotatable bonds is 4. The molecule has 0 spiro atoms. The molecule has 0 radical (unpaired) electrons. The van der Waals surface area contributed by atoms with Crippen molar-refractivity contribution in [2.45, 2.75) is 0 Å². The van der Waals surface area contributed by atoms with Crippen LogP contribution in [0.15, 0.2) is 57.9 Å². The van der Waals surface area contributed by atoms with Crippen LogP contribution in [-0.4, -0.2) is 18.2 Å². The second kappa shape index (κ2) is 5.84. The molecule has 23 heavy (non-hydrogen) atoms. The first-order valence-electron chi connectivity index (χ1n) is 6.69. The molecule has 0 atom stereocenters. The maximum absolute atomic E-state index is 12.4. The van der Waals surface area contributed by atoms with E-state index in [1.807, 2.05) is 0 Å². The van der Waals surface area contributed by atoms with E-state index >= 15 is 0 Å². The van der Waals surface area contributed by atoms with Gasteiger partial charge in [-0.1, -0.05) is 0 Å². The number of benzene rings is 2. The molecule has 0 fully saturated rings. The van der Waals surface area contributed by atoms with E-state index in [-0.39, 0.29) is 16.7 Å². The maximum atomic E-state index is 12.4. The van der Waals surface area contributed by atoms with Gasteiger partial charge in [0.25, 0.3) is 0 Å². The van der Waals surface area contributed by atoms with Crippen molar-refractivity contribution in [1.29, 1.82) is 0 Å². The zero-order valence-electron chi connectivity index (χ0n) is 12.1. The molecule has 0 unspecified atom stereocenters. The van der Waals surface area contributed by atoms with E-state index in [1.165, 1.54) is 37.6 Å². The van der Waals surface area contributed by atoms with Crippen molar-refractivity contribution in [3.05, 3.63) is 64.5 Å². The fourth-order valence-corrected chi connectivity index (χ4v) is 2.08. The van der Waals surface area contributed by atoms with Gasteiger partial charge < -0.3 is 19.0 Å². The molecule has 1 N–H and O–H groups in total. The molecule has 6 nitrogen and oxygen atoms in total. The lowest BCUT2D eigenvalue weighted by atomic mass is 10.2. The molecule has 6 heteroatoms. The first-order chi connectivity index (χ1) is 11.1. The largest absolute Gasteiger partial charge is 0.497 e. The van der Waals surface area contributed by atoms with Crippen molar-refractivity contribution in [3.63, 3.8) is 0 Å². The van der Waals surface area contributed by atoms with Gasteiger partial charge in [0.05, 0.1) is 18.1 Å². The van der Waals surface area contributed by atoms with E-state index in [0.29, 0.717) is 22.5 Å². The molecule has 3 rings (SSSR count). The minimum Gasteiger partial charge on any atom is -0.497 e. The van der Waals surface area contributed by atoms with E-state index in [0.717, 1.165) is 0 Å². The van der Waals surface area contributed by atoms with Crippen LogP contribution in [0.5, 0.6) is 17.2 Å². The Morgan fingerprint density at radius 3 is 2.43 bits per heavy atom. The topological polar surface area (TPSA) is 86.0 Å². The molecule has 0 aliphatic heterocycles. The summed E-state index contributed by atoms with van der Waals surface area (Å²) in [7, 11) is 1.53. The summed E-state index contributed by atoms with van der Waals surface area (Å²) in [6.45, 7) is 0.